The van der Waals surface area contributed by atoms with Crippen LogP contribution in [0.3, 0.4) is 0 Å². The molecule has 0 aromatic carbocycles. The molecule has 0 bridgehead atoms. The van der Waals surface area contributed by atoms with Crippen LogP contribution in [0.25, 0.3) is 0 Å². The first-order valence-electron chi connectivity index (χ1n) is 6.47. The summed E-state index contributed by atoms with van der Waals surface area (Å²) in [6, 6.07) is 0. The Morgan fingerprint density at radius 2 is 1.56 bits per heavy atom. The van der Waals surface area contributed by atoms with E-state index in [0.717, 1.165) is 19.6 Å². The molecule has 2 N–H and O–H groups in total. The molecule has 0 saturated carbocycles. The lowest BCUT2D eigenvalue weighted by Gasteiger charge is -1.95. The molecular weight excluding hydrogens is 228 g/mol. The van der Waals surface area contributed by atoms with Gasteiger partial charge in [-0.15, -0.1) is 0 Å². The van der Waals surface area contributed by atoms with Gasteiger partial charge in [0.05, 0.1) is 6.26 Å². The van der Waals surface area contributed by atoms with Crippen LogP contribution in [0.4, 0.5) is 0 Å². The lowest BCUT2D eigenvalue weighted by Crippen LogP contribution is -1.78. The standard InChI is InChI=1S/C13H22O.C2H4O2/c1-2-3-4-5-6-7-8-9-10-11-12-13-14;1-2(3)4/h8-14H,2-7H2,1H3;1H3,(H,3,4)/b9-8?,11-10+,13-12?;. The van der Waals surface area contributed by atoms with Gasteiger partial charge in [-0.3, -0.25) is 4.79 Å². The second-order valence-electron chi connectivity index (χ2n) is 3.88. The molecule has 0 aliphatic carbocycles. The van der Waals surface area contributed by atoms with Crippen molar-refractivity contribution in [2.75, 3.05) is 0 Å². The Hall–Kier alpha value is -1.51. The molecular formula is C15H26O3. The fourth-order valence-electron chi connectivity index (χ4n) is 1.22. The van der Waals surface area contributed by atoms with E-state index >= 15 is 0 Å². The van der Waals surface area contributed by atoms with Crippen LogP contribution in [0.5, 0.6) is 0 Å². The van der Waals surface area contributed by atoms with Crippen LogP contribution < -0.4 is 0 Å². The topological polar surface area (TPSA) is 57.5 Å². The number of hydrogen-bond acceptors (Lipinski definition) is 2. The van der Waals surface area contributed by atoms with Crippen molar-refractivity contribution in [3.8, 4) is 0 Å². The van der Waals surface area contributed by atoms with Gasteiger partial charge in [0.15, 0.2) is 0 Å². The summed E-state index contributed by atoms with van der Waals surface area (Å²) in [6.07, 6.45) is 18.4. The minimum absolute atomic E-state index is 0.833. The SMILES string of the molecule is CC(=O)O.CCCCCCCC=C/C=C/C=CO. The molecule has 0 radical (unpaired) electrons. The fraction of sp³-hybridized carbons (Fsp3) is 0.533. The van der Waals surface area contributed by atoms with Gasteiger partial charge in [0, 0.05) is 6.92 Å². The number of carboxylic acids is 1. The average molecular weight is 254 g/mol. The van der Waals surface area contributed by atoms with E-state index in [2.05, 4.69) is 13.0 Å². The zero-order valence-electron chi connectivity index (χ0n) is 11.5. The molecule has 104 valence electrons. The normalized spacial score (nSPS) is 11.0. The highest BCUT2D eigenvalue weighted by Crippen LogP contribution is 2.05. The number of carboxylic acid groups (broad SMARTS) is 1. The summed E-state index contributed by atoms with van der Waals surface area (Å²) >= 11 is 0. The molecule has 0 amide bonds. The number of aliphatic carboxylic acids is 1. The molecule has 0 aromatic heterocycles. The lowest BCUT2D eigenvalue weighted by molar-refractivity contribution is -0.134. The number of allylic oxidation sites excluding steroid dienone is 5. The largest absolute Gasteiger partial charge is 0.516 e. The molecule has 3 heteroatoms. The number of hydrogen-bond donors (Lipinski definition) is 2. The quantitative estimate of drug-likeness (QED) is 0.377. The predicted molar refractivity (Wildman–Crippen MR) is 76.7 cm³/mol. The zero-order valence-corrected chi connectivity index (χ0v) is 11.5. The Bertz CT molecular complexity index is 248. The maximum atomic E-state index is 9.00. The van der Waals surface area contributed by atoms with Crippen molar-refractivity contribution in [3.63, 3.8) is 0 Å². The van der Waals surface area contributed by atoms with Gasteiger partial charge in [0.1, 0.15) is 0 Å². The van der Waals surface area contributed by atoms with Crippen LogP contribution in [-0.4, -0.2) is 16.2 Å². The van der Waals surface area contributed by atoms with Crippen LogP contribution in [0.1, 0.15) is 52.4 Å². The molecule has 0 fully saturated rings. The monoisotopic (exact) mass is 254 g/mol. The van der Waals surface area contributed by atoms with Crippen LogP contribution in [0, 0.1) is 0 Å². The third-order valence-corrected chi connectivity index (χ3v) is 2.03. The van der Waals surface area contributed by atoms with E-state index in [9.17, 15) is 0 Å². The molecule has 0 saturated heterocycles. The van der Waals surface area contributed by atoms with E-state index in [-0.39, 0.29) is 0 Å². The predicted octanol–water partition coefficient (Wildman–Crippen LogP) is 4.62. The second-order valence-corrected chi connectivity index (χ2v) is 3.88. The lowest BCUT2D eigenvalue weighted by atomic mass is 10.1. The van der Waals surface area contributed by atoms with E-state index in [4.69, 9.17) is 15.0 Å². The number of carbonyl (C=O) groups is 1. The van der Waals surface area contributed by atoms with Crippen molar-refractivity contribution in [2.45, 2.75) is 52.4 Å². The first-order chi connectivity index (χ1) is 8.65. The van der Waals surface area contributed by atoms with E-state index in [1.165, 1.54) is 32.1 Å². The van der Waals surface area contributed by atoms with Crippen LogP contribution in [0.2, 0.25) is 0 Å². The first kappa shape index (κ1) is 18.8. The molecule has 0 aromatic rings. The summed E-state index contributed by atoms with van der Waals surface area (Å²) in [7, 11) is 0. The van der Waals surface area contributed by atoms with E-state index in [1.807, 2.05) is 18.2 Å². The number of unbranched alkanes of at least 4 members (excludes halogenated alkanes) is 5. The Balaban J connectivity index is 0. The molecule has 0 spiro atoms. The van der Waals surface area contributed by atoms with E-state index < -0.39 is 5.97 Å². The smallest absolute Gasteiger partial charge is 0.300 e. The molecule has 0 heterocycles. The van der Waals surface area contributed by atoms with Crippen LogP contribution >= 0.6 is 0 Å². The fourth-order valence-corrected chi connectivity index (χ4v) is 1.22. The third-order valence-electron chi connectivity index (χ3n) is 2.03. The number of rotatable bonds is 8. The van der Waals surface area contributed by atoms with Gasteiger partial charge in [-0.1, -0.05) is 56.9 Å². The van der Waals surface area contributed by atoms with Gasteiger partial charge in [-0.25, -0.2) is 0 Å². The number of aliphatic hydroxyl groups excluding tert-OH is 1. The summed E-state index contributed by atoms with van der Waals surface area (Å²) < 4.78 is 0. The van der Waals surface area contributed by atoms with Crippen molar-refractivity contribution in [2.24, 2.45) is 0 Å². The molecule has 3 nitrogen and oxygen atoms in total. The maximum Gasteiger partial charge on any atom is 0.300 e. The van der Waals surface area contributed by atoms with Crippen molar-refractivity contribution in [1.29, 1.82) is 0 Å². The summed E-state index contributed by atoms with van der Waals surface area (Å²) in [5.41, 5.74) is 0. The summed E-state index contributed by atoms with van der Waals surface area (Å²) in [6.45, 7) is 3.32. The van der Waals surface area contributed by atoms with Crippen molar-refractivity contribution in [1.82, 2.24) is 0 Å². The van der Waals surface area contributed by atoms with Crippen molar-refractivity contribution in [3.05, 3.63) is 36.6 Å². The minimum atomic E-state index is -0.833. The third kappa shape index (κ3) is 29.3. The summed E-state index contributed by atoms with van der Waals surface area (Å²) in [5.74, 6) is -0.833. The van der Waals surface area contributed by atoms with E-state index in [0.29, 0.717) is 0 Å². The highest BCUT2D eigenvalue weighted by Gasteiger charge is 1.85. The van der Waals surface area contributed by atoms with Gasteiger partial charge in [0.2, 0.25) is 0 Å². The minimum Gasteiger partial charge on any atom is -0.516 e. The molecule has 0 aliphatic rings. The number of aliphatic hydroxyl groups is 1. The molecule has 0 rings (SSSR count). The van der Waals surface area contributed by atoms with Gasteiger partial charge in [-0.2, -0.15) is 0 Å². The summed E-state index contributed by atoms with van der Waals surface area (Å²) in [5, 5.41) is 15.8. The highest BCUT2D eigenvalue weighted by molar-refractivity contribution is 5.62. The Labute approximate surface area is 111 Å². The van der Waals surface area contributed by atoms with Gasteiger partial charge in [-0.05, 0) is 18.9 Å². The molecule has 18 heavy (non-hydrogen) atoms. The highest BCUT2D eigenvalue weighted by atomic mass is 16.4. The average Bonchev–Trinajstić information content (AvgIpc) is 2.31. The Kier molecular flexibility index (Phi) is 18.7. The van der Waals surface area contributed by atoms with Crippen molar-refractivity contribution >= 4 is 5.97 Å². The van der Waals surface area contributed by atoms with E-state index in [1.54, 1.807) is 6.08 Å². The maximum absolute atomic E-state index is 9.00. The Morgan fingerprint density at radius 3 is 2.11 bits per heavy atom. The molecule has 0 unspecified atom stereocenters. The van der Waals surface area contributed by atoms with Crippen molar-refractivity contribution < 1.29 is 15.0 Å². The van der Waals surface area contributed by atoms with Crippen LogP contribution in [0.15, 0.2) is 36.6 Å². The van der Waals surface area contributed by atoms with Gasteiger partial charge in [0.25, 0.3) is 5.97 Å². The Morgan fingerprint density at radius 1 is 1.00 bits per heavy atom. The van der Waals surface area contributed by atoms with Crippen LogP contribution in [-0.2, 0) is 4.79 Å². The zero-order chi connectivity index (χ0) is 14.1. The van der Waals surface area contributed by atoms with Gasteiger partial charge < -0.3 is 10.2 Å². The summed E-state index contributed by atoms with van der Waals surface area (Å²) in [4.78, 5) is 9.00. The first-order valence-corrected chi connectivity index (χ1v) is 6.47. The molecule has 0 aliphatic heterocycles. The van der Waals surface area contributed by atoms with Gasteiger partial charge >= 0.3 is 0 Å². The molecule has 0 atom stereocenters. The second kappa shape index (κ2) is 17.9.